The van der Waals surface area contributed by atoms with Crippen LogP contribution in [-0.4, -0.2) is 29.9 Å². The van der Waals surface area contributed by atoms with Gasteiger partial charge >= 0.3 is 0 Å². The highest BCUT2D eigenvalue weighted by Crippen LogP contribution is 2.26. The van der Waals surface area contributed by atoms with Crippen molar-refractivity contribution in [3.05, 3.63) is 72.7 Å². The lowest BCUT2D eigenvalue weighted by Crippen LogP contribution is -2.06. The second kappa shape index (κ2) is 8.60. The molecule has 0 saturated carbocycles. The Morgan fingerprint density at radius 3 is 2.73 bits per heavy atom. The Morgan fingerprint density at radius 1 is 1.00 bits per heavy atom. The van der Waals surface area contributed by atoms with E-state index in [2.05, 4.69) is 35.2 Å². The number of anilines is 1. The number of H-pyrrole nitrogens is 1. The summed E-state index contributed by atoms with van der Waals surface area (Å²) in [6.07, 6.45) is 4.76. The van der Waals surface area contributed by atoms with Gasteiger partial charge in [0.25, 0.3) is 0 Å². The summed E-state index contributed by atoms with van der Waals surface area (Å²) in [6.45, 7) is 4.46. The summed E-state index contributed by atoms with van der Waals surface area (Å²) < 4.78 is 13.7. The number of halogens is 1. The van der Waals surface area contributed by atoms with E-state index in [1.54, 1.807) is 18.6 Å². The number of nitrogens with one attached hydrogen (secondary N) is 2. The molecule has 5 rings (SSSR count). The molecule has 0 aliphatic rings. The lowest BCUT2D eigenvalue weighted by molar-refractivity contribution is 0.629. The van der Waals surface area contributed by atoms with Crippen LogP contribution in [0.5, 0.6) is 0 Å². The molecule has 2 N–H and O–H groups in total. The summed E-state index contributed by atoms with van der Waals surface area (Å²) in [5.41, 5.74) is 4.25. The summed E-state index contributed by atoms with van der Waals surface area (Å²) >= 11 is 0. The molecule has 0 spiro atoms. The van der Waals surface area contributed by atoms with Gasteiger partial charge in [0.2, 0.25) is 0 Å². The zero-order valence-corrected chi connectivity index (χ0v) is 16.6. The molecule has 0 radical (unpaired) electrons. The maximum atomic E-state index is 13.7. The van der Waals surface area contributed by atoms with Crippen molar-refractivity contribution in [2.75, 3.05) is 5.32 Å². The number of aromatic nitrogens is 6. The first-order valence-electron chi connectivity index (χ1n) is 9.66. The fraction of sp³-hybridized carbons (Fsp3) is 0.136. The Balaban J connectivity index is 0.00000106. The summed E-state index contributed by atoms with van der Waals surface area (Å²) in [4.78, 5) is 24.7. The molecule has 0 amide bonds. The van der Waals surface area contributed by atoms with Crippen molar-refractivity contribution in [3.63, 3.8) is 0 Å². The normalized spacial score (nSPS) is 10.6. The zero-order valence-electron chi connectivity index (χ0n) is 16.6. The lowest BCUT2D eigenvalue weighted by Gasteiger charge is -2.12. The largest absolute Gasteiger partial charge is 0.364 e. The fourth-order valence-corrected chi connectivity index (χ4v) is 3.12. The first kappa shape index (κ1) is 19.4. The van der Waals surface area contributed by atoms with Crippen LogP contribution in [0, 0.1) is 5.82 Å². The quantitative estimate of drug-likeness (QED) is 0.452. The van der Waals surface area contributed by atoms with Crippen molar-refractivity contribution in [1.29, 1.82) is 0 Å². The van der Waals surface area contributed by atoms with Gasteiger partial charge in [0.05, 0.1) is 23.2 Å². The molecule has 150 valence electrons. The average molecular weight is 401 g/mol. The van der Waals surface area contributed by atoms with Crippen LogP contribution >= 0.6 is 0 Å². The minimum absolute atomic E-state index is 0.319. The van der Waals surface area contributed by atoms with Gasteiger partial charge in [-0.1, -0.05) is 19.9 Å². The maximum Gasteiger partial charge on any atom is 0.182 e. The molecule has 8 heteroatoms. The minimum Gasteiger partial charge on any atom is -0.364 e. The molecule has 0 saturated heterocycles. The second-order valence-electron chi connectivity index (χ2n) is 6.23. The van der Waals surface area contributed by atoms with Gasteiger partial charge in [-0.15, -0.1) is 0 Å². The van der Waals surface area contributed by atoms with Gasteiger partial charge in [0, 0.05) is 24.2 Å². The first-order valence-corrected chi connectivity index (χ1v) is 9.66. The standard InChI is InChI=1S/C20H14FN7.C2H6/c21-14-5-4-12-7-13(9-23-19-18-20(25-10-24-18)27-11-26-19)17(28-16(12)8-14)15-3-1-2-6-22-15;1-2/h1-8,10-11H,9H2,(H2,23,24,25,26,27);1-2H3. The molecule has 0 aliphatic carbocycles. The van der Waals surface area contributed by atoms with Crippen LogP contribution in [0.3, 0.4) is 0 Å². The zero-order chi connectivity index (χ0) is 20.9. The predicted molar refractivity (Wildman–Crippen MR) is 115 cm³/mol. The van der Waals surface area contributed by atoms with Gasteiger partial charge in [-0.25, -0.2) is 24.3 Å². The van der Waals surface area contributed by atoms with Crippen molar-refractivity contribution in [1.82, 2.24) is 29.9 Å². The molecule has 0 aliphatic heterocycles. The van der Waals surface area contributed by atoms with E-state index >= 15 is 0 Å². The fourth-order valence-electron chi connectivity index (χ4n) is 3.12. The van der Waals surface area contributed by atoms with E-state index in [1.165, 1.54) is 18.5 Å². The van der Waals surface area contributed by atoms with Crippen LogP contribution in [-0.2, 0) is 6.54 Å². The van der Waals surface area contributed by atoms with Crippen molar-refractivity contribution in [2.45, 2.75) is 20.4 Å². The van der Waals surface area contributed by atoms with E-state index < -0.39 is 0 Å². The molecule has 1 aromatic carbocycles. The van der Waals surface area contributed by atoms with E-state index in [9.17, 15) is 4.39 Å². The average Bonchev–Trinajstić information content (AvgIpc) is 3.28. The summed E-state index contributed by atoms with van der Waals surface area (Å²) in [5.74, 6) is 0.328. The van der Waals surface area contributed by atoms with Crippen LogP contribution in [0.1, 0.15) is 19.4 Å². The van der Waals surface area contributed by atoms with E-state index in [1.807, 2.05) is 38.1 Å². The summed E-state index contributed by atoms with van der Waals surface area (Å²) in [6, 6.07) is 12.2. The van der Waals surface area contributed by atoms with E-state index in [4.69, 9.17) is 0 Å². The number of aromatic amines is 1. The number of hydrogen-bond acceptors (Lipinski definition) is 6. The van der Waals surface area contributed by atoms with Gasteiger partial charge in [-0.2, -0.15) is 0 Å². The molecule has 7 nitrogen and oxygen atoms in total. The van der Waals surface area contributed by atoms with Crippen LogP contribution in [0.25, 0.3) is 33.5 Å². The number of imidazole rings is 1. The van der Waals surface area contributed by atoms with Crippen molar-refractivity contribution >= 4 is 27.9 Å². The van der Waals surface area contributed by atoms with Gasteiger partial charge in [-0.3, -0.25) is 4.98 Å². The highest BCUT2D eigenvalue weighted by molar-refractivity contribution is 5.84. The lowest BCUT2D eigenvalue weighted by atomic mass is 10.1. The molecular formula is C22H20FN7. The number of fused-ring (bicyclic) bond motifs is 2. The van der Waals surface area contributed by atoms with Crippen LogP contribution in [0.4, 0.5) is 10.2 Å². The Labute approximate surface area is 172 Å². The second-order valence-corrected chi connectivity index (χ2v) is 6.23. The third kappa shape index (κ3) is 3.80. The van der Waals surface area contributed by atoms with E-state index in [0.29, 0.717) is 29.2 Å². The SMILES string of the molecule is CC.Fc1ccc2cc(CNc3ncnc4nc[nH]c34)c(-c3ccccn3)nc2c1. The van der Waals surface area contributed by atoms with Gasteiger partial charge in [0.15, 0.2) is 11.5 Å². The van der Waals surface area contributed by atoms with Crippen molar-refractivity contribution < 1.29 is 4.39 Å². The van der Waals surface area contributed by atoms with E-state index in [0.717, 1.165) is 22.2 Å². The first-order chi connectivity index (χ1) is 14.8. The van der Waals surface area contributed by atoms with Gasteiger partial charge < -0.3 is 10.3 Å². The number of benzene rings is 1. The number of pyridine rings is 2. The van der Waals surface area contributed by atoms with E-state index in [-0.39, 0.29) is 5.82 Å². The third-order valence-corrected chi connectivity index (χ3v) is 4.44. The Morgan fingerprint density at radius 2 is 1.90 bits per heavy atom. The van der Waals surface area contributed by atoms with Crippen LogP contribution < -0.4 is 5.32 Å². The van der Waals surface area contributed by atoms with Crippen molar-refractivity contribution in [2.24, 2.45) is 0 Å². The Hall–Kier alpha value is -3.94. The van der Waals surface area contributed by atoms with Crippen molar-refractivity contribution in [3.8, 4) is 11.4 Å². The number of rotatable bonds is 4. The maximum absolute atomic E-state index is 13.7. The van der Waals surface area contributed by atoms with Crippen LogP contribution in [0.15, 0.2) is 61.3 Å². The summed E-state index contributed by atoms with van der Waals surface area (Å²) in [5, 5.41) is 4.17. The molecule has 0 bridgehead atoms. The highest BCUT2D eigenvalue weighted by Gasteiger charge is 2.12. The molecule has 0 atom stereocenters. The Kier molecular flexibility index (Phi) is 5.56. The molecule has 5 aromatic rings. The van der Waals surface area contributed by atoms with Crippen LogP contribution in [0.2, 0.25) is 0 Å². The third-order valence-electron chi connectivity index (χ3n) is 4.44. The molecule has 4 aromatic heterocycles. The molecule has 0 fully saturated rings. The van der Waals surface area contributed by atoms with Gasteiger partial charge in [0.1, 0.15) is 17.7 Å². The molecule has 30 heavy (non-hydrogen) atoms. The minimum atomic E-state index is -0.319. The van der Waals surface area contributed by atoms with Gasteiger partial charge in [-0.05, 0) is 35.9 Å². The topological polar surface area (TPSA) is 92.3 Å². The molecule has 4 heterocycles. The monoisotopic (exact) mass is 401 g/mol. The Bertz CT molecular complexity index is 1280. The predicted octanol–water partition coefficient (Wildman–Crippen LogP) is 4.74. The summed E-state index contributed by atoms with van der Waals surface area (Å²) in [7, 11) is 0. The number of nitrogens with zero attached hydrogens (tertiary/aromatic N) is 5. The highest BCUT2D eigenvalue weighted by atomic mass is 19.1. The molecular weight excluding hydrogens is 381 g/mol. The molecule has 0 unspecified atom stereocenters. The number of hydrogen-bond donors (Lipinski definition) is 2. The smallest absolute Gasteiger partial charge is 0.182 e.